The second-order valence-electron chi connectivity index (χ2n) is 5.82. The van der Waals surface area contributed by atoms with Crippen LogP contribution >= 0.6 is 0 Å². The first kappa shape index (κ1) is 14.0. The lowest BCUT2D eigenvalue weighted by atomic mass is 10.0. The second kappa shape index (κ2) is 5.86. The van der Waals surface area contributed by atoms with Crippen LogP contribution in [0.2, 0.25) is 0 Å². The highest BCUT2D eigenvalue weighted by molar-refractivity contribution is 5.96. The average molecular weight is 301 g/mol. The minimum atomic E-state index is 0.707. The van der Waals surface area contributed by atoms with Crippen molar-refractivity contribution in [1.29, 1.82) is 0 Å². The minimum Gasteiger partial charge on any atom is -0.360 e. The van der Waals surface area contributed by atoms with E-state index < -0.39 is 0 Å². The smallest absolute Gasteiger partial charge is 0.0733 e. The summed E-state index contributed by atoms with van der Waals surface area (Å²) in [7, 11) is 0. The maximum atomic E-state index is 5.71. The van der Waals surface area contributed by atoms with Crippen LogP contribution < -0.4 is 5.73 Å². The molecule has 0 aliphatic carbocycles. The molecular formula is C20H19N3. The van der Waals surface area contributed by atoms with E-state index >= 15 is 0 Å². The van der Waals surface area contributed by atoms with E-state index in [1.165, 1.54) is 16.3 Å². The maximum Gasteiger partial charge on any atom is 0.0733 e. The Kier molecular flexibility index (Phi) is 3.56. The Bertz CT molecular complexity index is 969. The fraction of sp³-hybridized carbons (Fsp3) is 0.150. The first-order chi connectivity index (χ1) is 11.4. The van der Waals surface area contributed by atoms with Crippen LogP contribution in [0.4, 0.5) is 0 Å². The molecule has 114 valence electrons. The van der Waals surface area contributed by atoms with Crippen LogP contribution in [0.5, 0.6) is 0 Å². The Labute approximate surface area is 135 Å². The number of nitrogens with two attached hydrogens (primary N) is 1. The zero-order valence-corrected chi connectivity index (χ0v) is 12.9. The van der Waals surface area contributed by atoms with E-state index in [0.29, 0.717) is 6.54 Å². The van der Waals surface area contributed by atoms with Gasteiger partial charge in [-0.25, -0.2) is 4.98 Å². The van der Waals surface area contributed by atoms with Gasteiger partial charge in [-0.2, -0.15) is 0 Å². The fourth-order valence-electron chi connectivity index (χ4n) is 3.17. The number of aryl methyl sites for hydroxylation is 1. The normalized spacial score (nSPS) is 11.3. The van der Waals surface area contributed by atoms with Crippen molar-refractivity contribution in [3.8, 4) is 11.3 Å². The monoisotopic (exact) mass is 301 g/mol. The van der Waals surface area contributed by atoms with E-state index in [4.69, 9.17) is 10.7 Å². The van der Waals surface area contributed by atoms with Gasteiger partial charge in [0.05, 0.1) is 11.2 Å². The minimum absolute atomic E-state index is 0.707. The lowest BCUT2D eigenvalue weighted by molar-refractivity contribution is 0.836. The number of pyridine rings is 1. The number of aromatic amines is 1. The number of aromatic nitrogens is 2. The fourth-order valence-corrected chi connectivity index (χ4v) is 3.17. The van der Waals surface area contributed by atoms with Crippen molar-refractivity contribution in [2.24, 2.45) is 5.73 Å². The number of hydrogen-bond donors (Lipinski definition) is 2. The molecule has 0 aliphatic rings. The van der Waals surface area contributed by atoms with Crippen LogP contribution in [0.25, 0.3) is 33.1 Å². The molecule has 3 nitrogen and oxygen atoms in total. The largest absolute Gasteiger partial charge is 0.360 e. The van der Waals surface area contributed by atoms with E-state index in [2.05, 4.69) is 53.6 Å². The molecule has 0 saturated carbocycles. The van der Waals surface area contributed by atoms with E-state index in [1.54, 1.807) is 0 Å². The van der Waals surface area contributed by atoms with E-state index in [9.17, 15) is 0 Å². The summed E-state index contributed by atoms with van der Waals surface area (Å²) in [6.07, 6.45) is 4.02. The summed E-state index contributed by atoms with van der Waals surface area (Å²) in [5, 5.41) is 2.43. The Morgan fingerprint density at radius 2 is 1.74 bits per heavy atom. The molecule has 0 amide bonds. The first-order valence-corrected chi connectivity index (χ1v) is 8.02. The summed E-state index contributed by atoms with van der Waals surface area (Å²) in [6.45, 7) is 0.707. The molecule has 2 aromatic carbocycles. The Morgan fingerprint density at radius 3 is 2.61 bits per heavy atom. The third-order valence-corrected chi connectivity index (χ3v) is 4.32. The zero-order chi connectivity index (χ0) is 15.6. The number of nitrogens with one attached hydrogen (secondary N) is 1. The number of benzene rings is 2. The lowest BCUT2D eigenvalue weighted by Gasteiger charge is -2.09. The summed E-state index contributed by atoms with van der Waals surface area (Å²) in [6, 6.07) is 18.9. The van der Waals surface area contributed by atoms with Gasteiger partial charge < -0.3 is 10.7 Å². The molecule has 0 saturated heterocycles. The summed E-state index contributed by atoms with van der Waals surface area (Å²) in [4.78, 5) is 8.22. The Hall–Kier alpha value is -2.65. The van der Waals surface area contributed by atoms with Crippen LogP contribution in [0, 0.1) is 0 Å². The molecule has 2 heterocycles. The molecule has 4 aromatic rings. The summed E-state index contributed by atoms with van der Waals surface area (Å²) in [5.74, 6) is 0. The molecule has 3 N–H and O–H groups in total. The Balaban J connectivity index is 1.93. The molecule has 3 heteroatoms. The zero-order valence-electron chi connectivity index (χ0n) is 12.9. The van der Waals surface area contributed by atoms with Gasteiger partial charge in [0.2, 0.25) is 0 Å². The lowest BCUT2D eigenvalue weighted by Crippen LogP contribution is -2.01. The highest BCUT2D eigenvalue weighted by atomic mass is 14.7. The van der Waals surface area contributed by atoms with Gasteiger partial charge in [0.15, 0.2) is 0 Å². The summed E-state index contributed by atoms with van der Waals surface area (Å²) in [5.41, 5.74) is 11.4. The first-order valence-electron chi connectivity index (χ1n) is 8.02. The van der Waals surface area contributed by atoms with E-state index in [-0.39, 0.29) is 0 Å². The van der Waals surface area contributed by atoms with Crippen LogP contribution in [-0.2, 0) is 6.42 Å². The molecule has 0 bridgehead atoms. The molecule has 0 fully saturated rings. The van der Waals surface area contributed by atoms with Gasteiger partial charge in [0.1, 0.15) is 0 Å². The van der Waals surface area contributed by atoms with Gasteiger partial charge in [0.25, 0.3) is 0 Å². The highest BCUT2D eigenvalue weighted by Gasteiger charge is 2.11. The predicted molar refractivity (Wildman–Crippen MR) is 96.4 cm³/mol. The van der Waals surface area contributed by atoms with Crippen LogP contribution in [0.15, 0.2) is 60.8 Å². The van der Waals surface area contributed by atoms with Crippen molar-refractivity contribution < 1.29 is 0 Å². The standard InChI is InChI=1S/C20H19N3/c21-11-5-6-14-12-20(23-19-10-4-1-7-15(14)19)17-13-22-18-9-3-2-8-16(17)18/h1-4,7-10,12-13,22H,5-6,11,21H2. The number of fused-ring (bicyclic) bond motifs is 2. The second-order valence-corrected chi connectivity index (χ2v) is 5.82. The van der Waals surface area contributed by atoms with Crippen molar-refractivity contribution in [3.05, 3.63) is 66.4 Å². The van der Waals surface area contributed by atoms with Gasteiger partial charge in [-0.05, 0) is 43.1 Å². The molecule has 0 spiro atoms. The van der Waals surface area contributed by atoms with Gasteiger partial charge in [0, 0.05) is 28.0 Å². The molecular weight excluding hydrogens is 282 g/mol. The van der Waals surface area contributed by atoms with Crippen molar-refractivity contribution >= 4 is 21.8 Å². The number of H-pyrrole nitrogens is 1. The van der Waals surface area contributed by atoms with Crippen LogP contribution in [0.1, 0.15) is 12.0 Å². The Morgan fingerprint density at radius 1 is 0.957 bits per heavy atom. The number of hydrogen-bond acceptors (Lipinski definition) is 2. The molecule has 0 radical (unpaired) electrons. The van der Waals surface area contributed by atoms with Crippen molar-refractivity contribution in [3.63, 3.8) is 0 Å². The quantitative estimate of drug-likeness (QED) is 0.591. The van der Waals surface area contributed by atoms with Gasteiger partial charge in [-0.15, -0.1) is 0 Å². The average Bonchev–Trinajstić information content (AvgIpc) is 3.03. The molecule has 23 heavy (non-hydrogen) atoms. The number of rotatable bonds is 4. The third-order valence-electron chi connectivity index (χ3n) is 4.32. The molecule has 4 rings (SSSR count). The van der Waals surface area contributed by atoms with Crippen molar-refractivity contribution in [2.45, 2.75) is 12.8 Å². The van der Waals surface area contributed by atoms with Gasteiger partial charge in [-0.3, -0.25) is 0 Å². The third kappa shape index (κ3) is 2.49. The topological polar surface area (TPSA) is 54.7 Å². The van der Waals surface area contributed by atoms with Crippen molar-refractivity contribution in [1.82, 2.24) is 9.97 Å². The highest BCUT2D eigenvalue weighted by Crippen LogP contribution is 2.30. The SMILES string of the molecule is NCCCc1cc(-c2c[nH]c3ccccc23)nc2ccccc12. The summed E-state index contributed by atoms with van der Waals surface area (Å²) >= 11 is 0. The van der Waals surface area contributed by atoms with Crippen LogP contribution in [-0.4, -0.2) is 16.5 Å². The van der Waals surface area contributed by atoms with Crippen molar-refractivity contribution in [2.75, 3.05) is 6.54 Å². The predicted octanol–water partition coefficient (Wildman–Crippen LogP) is 4.27. The molecule has 0 atom stereocenters. The van der Waals surface area contributed by atoms with Gasteiger partial charge in [-0.1, -0.05) is 36.4 Å². The van der Waals surface area contributed by atoms with E-state index in [0.717, 1.165) is 35.1 Å². The van der Waals surface area contributed by atoms with E-state index in [1.807, 2.05) is 12.1 Å². The van der Waals surface area contributed by atoms with Gasteiger partial charge >= 0.3 is 0 Å². The molecule has 2 aromatic heterocycles. The number of nitrogens with zero attached hydrogens (tertiary/aromatic N) is 1. The molecule has 0 unspecified atom stereocenters. The van der Waals surface area contributed by atoms with Crippen LogP contribution in [0.3, 0.4) is 0 Å². The number of para-hydroxylation sites is 2. The summed E-state index contributed by atoms with van der Waals surface area (Å²) < 4.78 is 0. The maximum absolute atomic E-state index is 5.71. The molecule has 0 aliphatic heterocycles.